The second kappa shape index (κ2) is 6.15. The number of carbonyl (C=O) groups excluding carboxylic acids is 1. The van der Waals surface area contributed by atoms with Gasteiger partial charge in [-0.15, -0.1) is 0 Å². The largest absolute Gasteiger partial charge is 0.406 e. The molecule has 0 aromatic heterocycles. The van der Waals surface area contributed by atoms with Gasteiger partial charge in [-0.1, -0.05) is 13.8 Å². The van der Waals surface area contributed by atoms with Crippen molar-refractivity contribution in [2.75, 3.05) is 6.54 Å². The van der Waals surface area contributed by atoms with Gasteiger partial charge in [-0.05, 0) is 43.9 Å². The van der Waals surface area contributed by atoms with Crippen LogP contribution < -0.4 is 5.73 Å². The first-order valence-electron chi connectivity index (χ1n) is 7.91. The molecule has 0 saturated heterocycles. The van der Waals surface area contributed by atoms with Crippen LogP contribution in [0.3, 0.4) is 0 Å². The van der Waals surface area contributed by atoms with Crippen LogP contribution in [0, 0.1) is 17.8 Å². The minimum Gasteiger partial charge on any atom is -0.330 e. The minimum absolute atomic E-state index is 0.183. The van der Waals surface area contributed by atoms with E-state index in [1.165, 1.54) is 0 Å². The molecule has 2 aliphatic rings. The van der Waals surface area contributed by atoms with Crippen LogP contribution in [0.15, 0.2) is 0 Å². The van der Waals surface area contributed by atoms with E-state index in [4.69, 9.17) is 5.73 Å². The molecule has 2 fully saturated rings. The molecule has 0 spiro atoms. The van der Waals surface area contributed by atoms with E-state index in [1.807, 2.05) is 13.8 Å². The van der Waals surface area contributed by atoms with Crippen LogP contribution in [0.25, 0.3) is 0 Å². The maximum absolute atomic E-state index is 12.8. The summed E-state index contributed by atoms with van der Waals surface area (Å²) in [6.07, 6.45) is -0.444. The van der Waals surface area contributed by atoms with Gasteiger partial charge < -0.3 is 10.6 Å². The molecule has 2 N–H and O–H groups in total. The van der Waals surface area contributed by atoms with Crippen molar-refractivity contribution < 1.29 is 18.0 Å². The maximum Gasteiger partial charge on any atom is 0.406 e. The summed E-state index contributed by atoms with van der Waals surface area (Å²) in [4.78, 5) is 13.8. The Morgan fingerprint density at radius 2 is 1.81 bits per heavy atom. The van der Waals surface area contributed by atoms with E-state index in [-0.39, 0.29) is 23.9 Å². The SMILES string of the molecule is CCC(CC)N(CC(F)(F)F)C(=O)C1C2CCC(C2)C1N. The Morgan fingerprint density at radius 3 is 2.24 bits per heavy atom. The molecule has 3 nitrogen and oxygen atoms in total. The molecule has 6 heteroatoms. The van der Waals surface area contributed by atoms with Crippen molar-refractivity contribution >= 4 is 5.91 Å². The number of alkyl halides is 3. The van der Waals surface area contributed by atoms with Gasteiger partial charge in [0.1, 0.15) is 6.54 Å². The van der Waals surface area contributed by atoms with Gasteiger partial charge in [-0.2, -0.15) is 13.2 Å². The standard InChI is InChI=1S/C15H25F3N2O/c1-3-11(4-2)20(8-15(16,17)18)14(21)12-9-5-6-10(7-9)13(12)19/h9-13H,3-8,19H2,1-2H3. The van der Waals surface area contributed by atoms with Gasteiger partial charge in [0.15, 0.2) is 0 Å². The van der Waals surface area contributed by atoms with Crippen molar-refractivity contribution in [2.24, 2.45) is 23.5 Å². The Balaban J connectivity index is 2.17. The number of nitrogens with zero attached hydrogens (tertiary/aromatic N) is 1. The van der Waals surface area contributed by atoms with Crippen LogP contribution in [-0.2, 0) is 4.79 Å². The molecule has 21 heavy (non-hydrogen) atoms. The predicted molar refractivity (Wildman–Crippen MR) is 74.4 cm³/mol. The number of amides is 1. The molecule has 0 radical (unpaired) electrons. The molecular formula is C15H25F3N2O. The third-order valence-electron chi connectivity index (χ3n) is 5.28. The molecule has 2 aliphatic carbocycles. The normalized spacial score (nSPS) is 32.0. The van der Waals surface area contributed by atoms with Gasteiger partial charge in [-0.25, -0.2) is 0 Å². The molecule has 4 atom stereocenters. The lowest BCUT2D eigenvalue weighted by Crippen LogP contribution is -2.52. The summed E-state index contributed by atoms with van der Waals surface area (Å²) >= 11 is 0. The van der Waals surface area contributed by atoms with Crippen LogP contribution >= 0.6 is 0 Å². The molecule has 0 aromatic rings. The van der Waals surface area contributed by atoms with E-state index in [0.29, 0.717) is 18.8 Å². The number of hydrogen-bond donors (Lipinski definition) is 1. The van der Waals surface area contributed by atoms with Gasteiger partial charge in [0.05, 0.1) is 5.92 Å². The fourth-order valence-electron chi connectivity index (χ4n) is 4.20. The van der Waals surface area contributed by atoms with Gasteiger partial charge in [0.25, 0.3) is 0 Å². The highest BCUT2D eigenvalue weighted by Gasteiger charge is 2.51. The van der Waals surface area contributed by atoms with Gasteiger partial charge in [0, 0.05) is 12.1 Å². The zero-order valence-electron chi connectivity index (χ0n) is 12.7. The summed E-state index contributed by atoms with van der Waals surface area (Å²) in [7, 11) is 0. The molecule has 2 saturated carbocycles. The Morgan fingerprint density at radius 1 is 1.24 bits per heavy atom. The van der Waals surface area contributed by atoms with Crippen molar-refractivity contribution in [3.63, 3.8) is 0 Å². The molecule has 0 aromatic carbocycles. The monoisotopic (exact) mass is 306 g/mol. The second-order valence-electron chi connectivity index (χ2n) is 6.49. The quantitative estimate of drug-likeness (QED) is 0.849. The van der Waals surface area contributed by atoms with Crippen molar-refractivity contribution in [1.82, 2.24) is 4.90 Å². The molecule has 0 heterocycles. The smallest absolute Gasteiger partial charge is 0.330 e. The predicted octanol–water partition coefficient (Wildman–Crippen LogP) is 2.94. The van der Waals surface area contributed by atoms with Gasteiger partial charge in [0.2, 0.25) is 5.91 Å². The Bertz CT molecular complexity index is 380. The summed E-state index contributed by atoms with van der Waals surface area (Å²) < 4.78 is 38.5. The Hall–Kier alpha value is -0.780. The second-order valence-corrected chi connectivity index (χ2v) is 6.49. The van der Waals surface area contributed by atoms with Crippen molar-refractivity contribution in [3.05, 3.63) is 0 Å². The number of carbonyl (C=O) groups is 1. The first-order valence-corrected chi connectivity index (χ1v) is 7.91. The summed E-state index contributed by atoms with van der Waals surface area (Å²) in [5.41, 5.74) is 6.12. The topological polar surface area (TPSA) is 46.3 Å². The summed E-state index contributed by atoms with van der Waals surface area (Å²) in [5.74, 6) is -0.284. The van der Waals surface area contributed by atoms with E-state index >= 15 is 0 Å². The number of rotatable bonds is 5. The minimum atomic E-state index is -4.36. The van der Waals surface area contributed by atoms with Crippen LogP contribution in [0.1, 0.15) is 46.0 Å². The van der Waals surface area contributed by atoms with E-state index in [1.54, 1.807) is 0 Å². The van der Waals surface area contributed by atoms with Crippen molar-refractivity contribution in [2.45, 2.75) is 64.2 Å². The molecule has 0 aliphatic heterocycles. The zero-order valence-corrected chi connectivity index (χ0v) is 12.7. The molecule has 2 bridgehead atoms. The summed E-state index contributed by atoms with van der Waals surface area (Å²) in [6.45, 7) is 2.50. The molecule has 1 amide bonds. The van der Waals surface area contributed by atoms with Crippen LogP contribution in [0.2, 0.25) is 0 Å². The fraction of sp³-hybridized carbons (Fsp3) is 0.933. The van der Waals surface area contributed by atoms with Crippen LogP contribution in [0.4, 0.5) is 13.2 Å². The first kappa shape index (κ1) is 16.6. The van der Waals surface area contributed by atoms with Crippen molar-refractivity contribution in [3.8, 4) is 0 Å². The Kier molecular flexibility index (Phi) is 4.85. The lowest BCUT2D eigenvalue weighted by molar-refractivity contribution is -0.170. The number of fused-ring (bicyclic) bond motifs is 2. The lowest BCUT2D eigenvalue weighted by Gasteiger charge is -2.37. The van der Waals surface area contributed by atoms with E-state index < -0.39 is 18.6 Å². The number of hydrogen-bond acceptors (Lipinski definition) is 2. The van der Waals surface area contributed by atoms with Crippen molar-refractivity contribution in [1.29, 1.82) is 0 Å². The molecule has 2 rings (SSSR count). The summed E-state index contributed by atoms with van der Waals surface area (Å²) in [5, 5.41) is 0. The highest BCUT2D eigenvalue weighted by molar-refractivity contribution is 5.81. The fourth-order valence-corrected chi connectivity index (χ4v) is 4.20. The van der Waals surface area contributed by atoms with Crippen LogP contribution in [0.5, 0.6) is 0 Å². The molecular weight excluding hydrogens is 281 g/mol. The third kappa shape index (κ3) is 3.35. The molecule has 122 valence electrons. The maximum atomic E-state index is 12.8. The lowest BCUT2D eigenvalue weighted by atomic mass is 9.83. The first-order chi connectivity index (χ1) is 9.78. The Labute approximate surface area is 124 Å². The summed E-state index contributed by atoms with van der Waals surface area (Å²) in [6, 6.07) is -0.619. The van der Waals surface area contributed by atoms with Crippen LogP contribution in [-0.4, -0.2) is 35.6 Å². The van der Waals surface area contributed by atoms with Gasteiger partial charge in [-0.3, -0.25) is 4.79 Å². The highest BCUT2D eigenvalue weighted by Crippen LogP contribution is 2.48. The average Bonchev–Trinajstić information content (AvgIpc) is 2.97. The highest BCUT2D eigenvalue weighted by atomic mass is 19.4. The number of nitrogens with two attached hydrogens (primary N) is 1. The molecule has 4 unspecified atom stereocenters. The van der Waals surface area contributed by atoms with E-state index in [9.17, 15) is 18.0 Å². The average molecular weight is 306 g/mol. The van der Waals surface area contributed by atoms with Gasteiger partial charge >= 0.3 is 6.18 Å². The van der Waals surface area contributed by atoms with E-state index in [2.05, 4.69) is 0 Å². The van der Waals surface area contributed by atoms with E-state index in [0.717, 1.165) is 24.2 Å². The zero-order chi connectivity index (χ0) is 15.8. The number of halogens is 3. The third-order valence-corrected chi connectivity index (χ3v) is 5.28.